The Morgan fingerprint density at radius 1 is 1.35 bits per heavy atom. The molecular weight excluding hydrogens is 322 g/mol. The van der Waals surface area contributed by atoms with Gasteiger partial charge >= 0.3 is 5.97 Å². The standard InChI is InChI=1S/C16H16ClNO5/c17-11-6-4-10(5-7-11)15-14(16(19)20)12(23-18-15)9-22-13-3-1-2-8-21-13/h4-7,13H,1-3,8-9H2,(H,19,20). The fourth-order valence-electron chi connectivity index (χ4n) is 2.46. The summed E-state index contributed by atoms with van der Waals surface area (Å²) in [5.74, 6) is -0.934. The van der Waals surface area contributed by atoms with E-state index >= 15 is 0 Å². The number of hydrogen-bond donors (Lipinski definition) is 1. The Labute approximate surface area is 137 Å². The highest BCUT2D eigenvalue weighted by Gasteiger charge is 2.25. The lowest BCUT2D eigenvalue weighted by atomic mass is 10.1. The van der Waals surface area contributed by atoms with Gasteiger partial charge in [-0.05, 0) is 31.4 Å². The second kappa shape index (κ2) is 7.12. The number of carboxylic acids is 1. The van der Waals surface area contributed by atoms with Gasteiger partial charge in [-0.2, -0.15) is 0 Å². The highest BCUT2D eigenvalue weighted by atomic mass is 35.5. The number of carboxylic acid groups (broad SMARTS) is 1. The second-order valence-corrected chi connectivity index (χ2v) is 5.68. The van der Waals surface area contributed by atoms with Crippen molar-refractivity contribution in [2.45, 2.75) is 32.2 Å². The summed E-state index contributed by atoms with van der Waals surface area (Å²) in [4.78, 5) is 11.6. The first kappa shape index (κ1) is 16.0. The van der Waals surface area contributed by atoms with E-state index in [1.807, 2.05) is 0 Å². The molecule has 1 aliphatic rings. The van der Waals surface area contributed by atoms with Crippen molar-refractivity contribution in [3.05, 3.63) is 40.6 Å². The molecule has 0 saturated carbocycles. The van der Waals surface area contributed by atoms with E-state index in [2.05, 4.69) is 5.16 Å². The number of ether oxygens (including phenoxy) is 2. The molecule has 0 radical (unpaired) electrons. The molecule has 1 saturated heterocycles. The van der Waals surface area contributed by atoms with Gasteiger partial charge in [-0.25, -0.2) is 4.79 Å². The third kappa shape index (κ3) is 3.72. The Kier molecular flexibility index (Phi) is 4.95. The maximum Gasteiger partial charge on any atom is 0.341 e. The Hall–Kier alpha value is -1.89. The monoisotopic (exact) mass is 337 g/mol. The summed E-state index contributed by atoms with van der Waals surface area (Å²) >= 11 is 5.85. The molecule has 3 rings (SSSR count). The highest BCUT2D eigenvalue weighted by Crippen LogP contribution is 2.28. The van der Waals surface area contributed by atoms with Crippen molar-refractivity contribution in [2.75, 3.05) is 6.61 Å². The molecule has 1 aliphatic heterocycles. The van der Waals surface area contributed by atoms with Crippen molar-refractivity contribution in [1.82, 2.24) is 5.16 Å². The zero-order valence-corrected chi connectivity index (χ0v) is 13.1. The van der Waals surface area contributed by atoms with E-state index in [-0.39, 0.29) is 29.9 Å². The average Bonchev–Trinajstić information content (AvgIpc) is 2.99. The Morgan fingerprint density at radius 2 is 2.13 bits per heavy atom. The van der Waals surface area contributed by atoms with Gasteiger partial charge in [-0.1, -0.05) is 28.9 Å². The number of nitrogens with zero attached hydrogens (tertiary/aromatic N) is 1. The SMILES string of the molecule is O=C(O)c1c(-c2ccc(Cl)cc2)noc1COC1CCCCO1. The fourth-order valence-corrected chi connectivity index (χ4v) is 2.59. The molecular formula is C16H16ClNO5. The van der Waals surface area contributed by atoms with Crippen LogP contribution in [0.3, 0.4) is 0 Å². The lowest BCUT2D eigenvalue weighted by Crippen LogP contribution is -2.22. The third-order valence-electron chi connectivity index (χ3n) is 3.63. The molecule has 23 heavy (non-hydrogen) atoms. The van der Waals surface area contributed by atoms with E-state index in [1.165, 1.54) is 0 Å². The van der Waals surface area contributed by atoms with Crippen molar-refractivity contribution in [2.24, 2.45) is 0 Å². The van der Waals surface area contributed by atoms with E-state index in [9.17, 15) is 9.90 Å². The van der Waals surface area contributed by atoms with Crippen LogP contribution in [0.2, 0.25) is 5.02 Å². The Balaban J connectivity index is 1.80. The van der Waals surface area contributed by atoms with Crippen LogP contribution in [0.5, 0.6) is 0 Å². The molecule has 0 bridgehead atoms. The predicted molar refractivity (Wildman–Crippen MR) is 82.3 cm³/mol. The van der Waals surface area contributed by atoms with E-state index in [0.717, 1.165) is 19.3 Å². The fraction of sp³-hybridized carbons (Fsp3) is 0.375. The molecule has 1 aromatic carbocycles. The molecule has 1 atom stereocenters. The Bertz CT molecular complexity index is 676. The van der Waals surface area contributed by atoms with Crippen molar-refractivity contribution in [3.63, 3.8) is 0 Å². The number of halogens is 1. The minimum absolute atomic E-state index is 0.00290. The van der Waals surface area contributed by atoms with Gasteiger partial charge < -0.3 is 19.1 Å². The molecule has 0 aliphatic carbocycles. The quantitative estimate of drug-likeness (QED) is 0.895. The van der Waals surface area contributed by atoms with Crippen LogP contribution in [0.4, 0.5) is 0 Å². The zero-order valence-electron chi connectivity index (χ0n) is 12.3. The number of benzene rings is 1. The van der Waals surface area contributed by atoms with Crippen LogP contribution < -0.4 is 0 Å². The van der Waals surface area contributed by atoms with E-state index < -0.39 is 5.97 Å². The Morgan fingerprint density at radius 3 is 2.78 bits per heavy atom. The lowest BCUT2D eigenvalue weighted by Gasteiger charge is -2.22. The summed E-state index contributed by atoms with van der Waals surface area (Å²) in [5.41, 5.74) is 0.885. The molecule has 2 aromatic rings. The number of carbonyl (C=O) groups is 1. The molecule has 122 valence electrons. The molecule has 1 unspecified atom stereocenters. The topological polar surface area (TPSA) is 81.8 Å². The smallest absolute Gasteiger partial charge is 0.341 e. The van der Waals surface area contributed by atoms with Crippen LogP contribution in [0, 0.1) is 0 Å². The number of aromatic nitrogens is 1. The van der Waals surface area contributed by atoms with Gasteiger partial charge in [0.1, 0.15) is 17.9 Å². The summed E-state index contributed by atoms with van der Waals surface area (Å²) in [6, 6.07) is 6.73. The average molecular weight is 338 g/mol. The molecule has 1 N–H and O–H groups in total. The van der Waals surface area contributed by atoms with E-state index in [1.54, 1.807) is 24.3 Å². The second-order valence-electron chi connectivity index (χ2n) is 5.25. The summed E-state index contributed by atoms with van der Waals surface area (Å²) in [7, 11) is 0. The number of aromatic carboxylic acids is 1. The normalized spacial score (nSPS) is 18.0. The summed E-state index contributed by atoms with van der Waals surface area (Å²) < 4.78 is 16.2. The molecule has 1 aromatic heterocycles. The number of hydrogen-bond acceptors (Lipinski definition) is 5. The minimum atomic E-state index is -1.11. The summed E-state index contributed by atoms with van der Waals surface area (Å²) in [6.45, 7) is 0.662. The van der Waals surface area contributed by atoms with Crippen LogP contribution in [0.1, 0.15) is 35.4 Å². The van der Waals surface area contributed by atoms with Gasteiger partial charge in [0.2, 0.25) is 0 Å². The van der Waals surface area contributed by atoms with Crippen LogP contribution >= 0.6 is 11.6 Å². The van der Waals surface area contributed by atoms with Gasteiger partial charge in [-0.3, -0.25) is 0 Å². The molecule has 6 nitrogen and oxygen atoms in total. The first-order chi connectivity index (χ1) is 11.1. The van der Waals surface area contributed by atoms with Crippen molar-refractivity contribution in [1.29, 1.82) is 0 Å². The minimum Gasteiger partial charge on any atom is -0.477 e. The first-order valence-corrected chi connectivity index (χ1v) is 7.74. The highest BCUT2D eigenvalue weighted by molar-refractivity contribution is 6.30. The molecule has 0 spiro atoms. The van der Waals surface area contributed by atoms with Crippen LogP contribution in [-0.2, 0) is 16.1 Å². The van der Waals surface area contributed by atoms with Crippen LogP contribution in [0.15, 0.2) is 28.8 Å². The maximum absolute atomic E-state index is 11.6. The van der Waals surface area contributed by atoms with Gasteiger partial charge in [0.25, 0.3) is 0 Å². The molecule has 2 heterocycles. The lowest BCUT2D eigenvalue weighted by molar-refractivity contribution is -0.171. The van der Waals surface area contributed by atoms with Gasteiger partial charge in [0, 0.05) is 17.2 Å². The molecule has 1 fully saturated rings. The summed E-state index contributed by atoms with van der Waals surface area (Å²) in [5, 5.41) is 13.9. The zero-order chi connectivity index (χ0) is 16.2. The summed E-state index contributed by atoms with van der Waals surface area (Å²) in [6.07, 6.45) is 2.52. The largest absolute Gasteiger partial charge is 0.477 e. The van der Waals surface area contributed by atoms with Crippen molar-refractivity contribution < 1.29 is 23.9 Å². The van der Waals surface area contributed by atoms with E-state index in [4.69, 9.17) is 25.6 Å². The first-order valence-electron chi connectivity index (χ1n) is 7.36. The van der Waals surface area contributed by atoms with Gasteiger partial charge in [-0.15, -0.1) is 0 Å². The predicted octanol–water partition coefficient (Wildman–Crippen LogP) is 3.74. The van der Waals surface area contributed by atoms with Crippen LogP contribution in [0.25, 0.3) is 11.3 Å². The molecule has 0 amide bonds. The van der Waals surface area contributed by atoms with Crippen LogP contribution in [-0.4, -0.2) is 29.1 Å². The van der Waals surface area contributed by atoms with Crippen molar-refractivity contribution in [3.8, 4) is 11.3 Å². The third-order valence-corrected chi connectivity index (χ3v) is 3.88. The maximum atomic E-state index is 11.6. The molecule has 7 heteroatoms. The van der Waals surface area contributed by atoms with E-state index in [0.29, 0.717) is 17.2 Å². The number of rotatable bonds is 5. The van der Waals surface area contributed by atoms with Gasteiger partial charge in [0.05, 0.1) is 0 Å². The van der Waals surface area contributed by atoms with Gasteiger partial charge in [0.15, 0.2) is 12.1 Å². The van der Waals surface area contributed by atoms with Crippen molar-refractivity contribution >= 4 is 17.6 Å².